The molecule has 0 spiro atoms. The summed E-state index contributed by atoms with van der Waals surface area (Å²) in [7, 11) is 0. The van der Waals surface area contributed by atoms with Crippen molar-refractivity contribution in [3.05, 3.63) is 166 Å². The van der Waals surface area contributed by atoms with E-state index in [0.29, 0.717) is 11.8 Å². The van der Waals surface area contributed by atoms with Gasteiger partial charge in [-0.1, -0.05) is 193 Å². The molecule has 2 aromatic rings. The second kappa shape index (κ2) is 10.2. The van der Waals surface area contributed by atoms with Crippen LogP contribution in [0.15, 0.2) is 144 Å². The third kappa shape index (κ3) is 3.47. The Morgan fingerprint density at radius 2 is 1.08 bits per heavy atom. The van der Waals surface area contributed by atoms with E-state index in [4.69, 9.17) is 0 Å². The Morgan fingerprint density at radius 3 is 1.59 bits per heavy atom. The van der Waals surface area contributed by atoms with E-state index in [1.807, 2.05) is 0 Å². The van der Waals surface area contributed by atoms with Gasteiger partial charge in [0.1, 0.15) is 0 Å². The molecule has 252 valence electrons. The molecule has 2 fully saturated rings. The molecule has 0 saturated heterocycles. The first-order valence-electron chi connectivity index (χ1n) is 18.8. The molecule has 9 atom stereocenters. The Balaban J connectivity index is 1.53. The van der Waals surface area contributed by atoms with Crippen molar-refractivity contribution in [1.29, 1.82) is 0 Å². The van der Waals surface area contributed by atoms with E-state index >= 15 is 0 Å². The number of hydrogen-bond donors (Lipinski definition) is 0. The maximum absolute atomic E-state index is 2.76. The molecular weight excluding hydrogens is 589 g/mol. The monoisotopic (exact) mass is 644 g/mol. The molecule has 0 aliphatic heterocycles. The van der Waals surface area contributed by atoms with Crippen LogP contribution in [0.5, 0.6) is 0 Å². The SMILES string of the molecule is CC1=C(C2=CC=CC2)C=CC2C(C(c3ccc(C)cc3)c3ccc(C)cc3)C3(C)C4(C)C=CC=CC4(C)C4(C)C=CC=CC4(C)C3(C)C12C. The fourth-order valence-electron chi connectivity index (χ4n) is 13.6. The predicted octanol–water partition coefficient (Wildman–Crippen LogP) is 12.8. The average Bonchev–Trinajstić information content (AvgIpc) is 3.67. The summed E-state index contributed by atoms with van der Waals surface area (Å²) in [6, 6.07) is 19.2. The lowest BCUT2D eigenvalue weighted by Gasteiger charge is -2.80. The van der Waals surface area contributed by atoms with E-state index in [2.05, 4.69) is 197 Å². The van der Waals surface area contributed by atoms with Crippen molar-refractivity contribution < 1.29 is 0 Å². The smallest absolute Gasteiger partial charge is 0.0129 e. The molecule has 0 N–H and O–H groups in total. The lowest BCUT2D eigenvalue weighted by Crippen LogP contribution is -2.75. The number of aryl methyl sites for hydroxylation is 2. The predicted molar refractivity (Wildman–Crippen MR) is 208 cm³/mol. The second-order valence-corrected chi connectivity index (χ2v) is 17.8. The highest BCUT2D eigenvalue weighted by molar-refractivity contribution is 5.58. The third-order valence-corrected chi connectivity index (χ3v) is 17.1. The van der Waals surface area contributed by atoms with Crippen LogP contribution in [0.25, 0.3) is 0 Å². The summed E-state index contributed by atoms with van der Waals surface area (Å²) in [6.07, 6.45) is 33.2. The molecule has 0 nitrogen and oxygen atoms in total. The van der Waals surface area contributed by atoms with Crippen molar-refractivity contribution in [1.82, 2.24) is 0 Å². The minimum atomic E-state index is -0.158. The molecule has 0 radical (unpaired) electrons. The summed E-state index contributed by atoms with van der Waals surface area (Å²) in [5, 5.41) is 0. The molecule has 2 saturated carbocycles. The van der Waals surface area contributed by atoms with Crippen LogP contribution < -0.4 is 0 Å². The number of fused-ring (bicyclic) bond motifs is 8. The second-order valence-electron chi connectivity index (χ2n) is 17.8. The number of allylic oxidation sites excluding steroid dienone is 16. The van der Waals surface area contributed by atoms with E-state index in [0.717, 1.165) is 6.42 Å². The van der Waals surface area contributed by atoms with Gasteiger partial charge in [-0.25, -0.2) is 0 Å². The molecule has 49 heavy (non-hydrogen) atoms. The van der Waals surface area contributed by atoms with Crippen LogP contribution in [0.4, 0.5) is 0 Å². The highest BCUT2D eigenvalue weighted by Crippen LogP contribution is 2.92. The molecule has 2 aromatic carbocycles. The van der Waals surface area contributed by atoms with Crippen LogP contribution in [0.1, 0.15) is 90.0 Å². The summed E-state index contributed by atoms with van der Waals surface area (Å²) in [6.45, 7) is 25.7. The Kier molecular flexibility index (Phi) is 6.79. The van der Waals surface area contributed by atoms with Crippen LogP contribution in [-0.2, 0) is 0 Å². The van der Waals surface area contributed by atoms with Gasteiger partial charge < -0.3 is 0 Å². The third-order valence-electron chi connectivity index (χ3n) is 17.1. The van der Waals surface area contributed by atoms with Gasteiger partial charge in [0.2, 0.25) is 0 Å². The first-order valence-corrected chi connectivity index (χ1v) is 18.8. The van der Waals surface area contributed by atoms with Crippen molar-refractivity contribution in [2.24, 2.45) is 49.7 Å². The van der Waals surface area contributed by atoms with Crippen molar-refractivity contribution in [2.75, 3.05) is 0 Å². The maximum atomic E-state index is 2.76. The number of rotatable bonds is 4. The molecular formula is C49H56. The molecule has 8 rings (SSSR count). The van der Waals surface area contributed by atoms with Crippen LogP contribution in [0.3, 0.4) is 0 Å². The highest BCUT2D eigenvalue weighted by atomic mass is 14.9. The molecule has 0 aromatic heterocycles. The first-order chi connectivity index (χ1) is 23.2. The molecule has 0 amide bonds. The summed E-state index contributed by atoms with van der Waals surface area (Å²) >= 11 is 0. The number of benzene rings is 2. The Labute approximate surface area is 296 Å². The maximum Gasteiger partial charge on any atom is 0.0129 e. The van der Waals surface area contributed by atoms with Gasteiger partial charge in [-0.15, -0.1) is 0 Å². The quantitative estimate of drug-likeness (QED) is 0.311. The minimum absolute atomic E-state index is 0.125. The Hall–Kier alpha value is -3.64. The highest BCUT2D eigenvalue weighted by Gasteiger charge is 2.87. The normalized spacial score (nSPS) is 42.7. The van der Waals surface area contributed by atoms with Crippen LogP contribution in [-0.4, -0.2) is 0 Å². The molecule has 0 heterocycles. The zero-order valence-electron chi connectivity index (χ0n) is 31.6. The zero-order chi connectivity index (χ0) is 34.8. The van der Waals surface area contributed by atoms with Crippen LogP contribution in [0.2, 0.25) is 0 Å². The van der Waals surface area contributed by atoms with Crippen LogP contribution >= 0.6 is 0 Å². The molecule has 0 heteroatoms. The van der Waals surface area contributed by atoms with E-state index in [1.165, 1.54) is 33.4 Å². The Morgan fingerprint density at radius 1 is 0.592 bits per heavy atom. The van der Waals surface area contributed by atoms with Gasteiger partial charge in [0.25, 0.3) is 0 Å². The topological polar surface area (TPSA) is 0 Å². The summed E-state index contributed by atoms with van der Waals surface area (Å²) < 4.78 is 0. The van der Waals surface area contributed by atoms with Crippen molar-refractivity contribution in [3.8, 4) is 0 Å². The van der Waals surface area contributed by atoms with E-state index in [9.17, 15) is 0 Å². The first kappa shape index (κ1) is 32.6. The van der Waals surface area contributed by atoms with E-state index < -0.39 is 0 Å². The van der Waals surface area contributed by atoms with Gasteiger partial charge in [0, 0.05) is 33.0 Å². The fraction of sp³-hybridized carbons (Fsp3) is 0.429. The summed E-state index contributed by atoms with van der Waals surface area (Å²) in [5.74, 6) is 0.866. The largest absolute Gasteiger partial charge is 0.0801 e. The van der Waals surface area contributed by atoms with Gasteiger partial charge in [-0.3, -0.25) is 0 Å². The summed E-state index contributed by atoms with van der Waals surface area (Å²) in [5.41, 5.74) is 9.03. The van der Waals surface area contributed by atoms with Gasteiger partial charge >= 0.3 is 0 Å². The van der Waals surface area contributed by atoms with Crippen molar-refractivity contribution >= 4 is 0 Å². The standard InChI is InChI=1S/C49H56/c1-33-19-23-37(24-20-33)41(38-25-21-34(2)22-26-38)42-40-28-27-39(36-17-11-12-18-36)35(3)47(40,8)49(10)46(7)32-16-14-30-44(46,5)43(4)29-13-15-31-45(43,6)48(42,49)9/h11-17,19-32,40-42H,18H2,1-10H3. The number of hydrogen-bond acceptors (Lipinski definition) is 0. The summed E-state index contributed by atoms with van der Waals surface area (Å²) in [4.78, 5) is 0. The van der Waals surface area contributed by atoms with Gasteiger partial charge in [-0.05, 0) is 72.1 Å². The molecule has 6 aliphatic carbocycles. The molecule has 0 bridgehead atoms. The average molecular weight is 645 g/mol. The van der Waals surface area contributed by atoms with E-state index in [-0.39, 0.29) is 43.8 Å². The minimum Gasteiger partial charge on any atom is -0.0801 e. The lowest BCUT2D eigenvalue weighted by molar-refractivity contribution is -0.273. The van der Waals surface area contributed by atoms with E-state index in [1.54, 1.807) is 5.57 Å². The zero-order valence-corrected chi connectivity index (χ0v) is 31.6. The van der Waals surface area contributed by atoms with Crippen molar-refractivity contribution in [2.45, 2.75) is 81.6 Å². The fourth-order valence-corrected chi connectivity index (χ4v) is 13.6. The molecule has 9 unspecified atom stereocenters. The molecule has 6 aliphatic rings. The Bertz CT molecular complexity index is 1920. The van der Waals surface area contributed by atoms with Gasteiger partial charge in [0.15, 0.2) is 0 Å². The van der Waals surface area contributed by atoms with Gasteiger partial charge in [0.05, 0.1) is 0 Å². The van der Waals surface area contributed by atoms with Gasteiger partial charge in [-0.2, -0.15) is 0 Å². The lowest BCUT2D eigenvalue weighted by atomic mass is 9.23. The van der Waals surface area contributed by atoms with Crippen molar-refractivity contribution in [3.63, 3.8) is 0 Å². The van der Waals surface area contributed by atoms with Crippen LogP contribution in [0, 0.1) is 63.6 Å².